The highest BCUT2D eigenvalue weighted by molar-refractivity contribution is 7.91. The average molecular weight is 284 g/mol. The molecule has 1 aliphatic rings. The Labute approximate surface area is 112 Å². The van der Waals surface area contributed by atoms with Gasteiger partial charge in [-0.05, 0) is 38.1 Å². The van der Waals surface area contributed by atoms with E-state index in [2.05, 4.69) is 16.7 Å². The number of piperidine rings is 1. The molecule has 0 spiro atoms. The van der Waals surface area contributed by atoms with Gasteiger partial charge in [0, 0.05) is 0 Å². The van der Waals surface area contributed by atoms with Gasteiger partial charge in [-0.2, -0.15) is 0 Å². The number of thiophene rings is 1. The summed E-state index contributed by atoms with van der Waals surface area (Å²) in [5, 5.41) is 5.04. The Morgan fingerprint density at radius 1 is 1.28 bits per heavy atom. The summed E-state index contributed by atoms with van der Waals surface area (Å²) in [5.41, 5.74) is 0. The fourth-order valence-electron chi connectivity index (χ4n) is 1.90. The van der Waals surface area contributed by atoms with Gasteiger partial charge in [0.25, 0.3) is 0 Å². The highest BCUT2D eigenvalue weighted by atomic mass is 32.2. The van der Waals surface area contributed by atoms with E-state index in [1.807, 2.05) is 0 Å². The summed E-state index contributed by atoms with van der Waals surface area (Å²) in [4.78, 5) is 3.07. The summed E-state index contributed by atoms with van der Waals surface area (Å²) in [5.74, 6) is 6.08. The van der Waals surface area contributed by atoms with E-state index < -0.39 is 10.0 Å². The predicted molar refractivity (Wildman–Crippen MR) is 72.9 cm³/mol. The van der Waals surface area contributed by atoms with Gasteiger partial charge in [-0.3, -0.25) is 4.90 Å². The number of hydrogen-bond acceptors (Lipinski definition) is 4. The van der Waals surface area contributed by atoms with Gasteiger partial charge in [-0.1, -0.05) is 18.3 Å². The third-order valence-corrected chi connectivity index (χ3v) is 5.26. The van der Waals surface area contributed by atoms with Crippen molar-refractivity contribution in [3.05, 3.63) is 17.0 Å². The molecule has 0 radical (unpaired) electrons. The van der Waals surface area contributed by atoms with Crippen LogP contribution in [-0.2, 0) is 10.0 Å². The van der Waals surface area contributed by atoms with Crippen molar-refractivity contribution in [1.82, 2.24) is 4.90 Å². The van der Waals surface area contributed by atoms with Crippen LogP contribution in [0.15, 0.2) is 16.3 Å². The maximum absolute atomic E-state index is 11.1. The first-order valence-electron chi connectivity index (χ1n) is 5.89. The van der Waals surface area contributed by atoms with E-state index in [1.54, 1.807) is 6.07 Å². The van der Waals surface area contributed by atoms with Crippen molar-refractivity contribution in [2.75, 3.05) is 19.6 Å². The molecule has 0 bridgehead atoms. The Balaban J connectivity index is 1.95. The normalized spacial score (nSPS) is 17.2. The molecule has 1 saturated heterocycles. The summed E-state index contributed by atoms with van der Waals surface area (Å²) in [6.45, 7) is 2.98. The van der Waals surface area contributed by atoms with E-state index in [0.29, 0.717) is 0 Å². The number of likely N-dealkylation sites (tertiary alicyclic amines) is 1. The molecule has 0 aromatic carbocycles. The molecule has 2 rings (SSSR count). The Morgan fingerprint density at radius 2 is 2.00 bits per heavy atom. The van der Waals surface area contributed by atoms with Crippen LogP contribution in [0.25, 0.3) is 0 Å². The van der Waals surface area contributed by atoms with Crippen molar-refractivity contribution in [3.8, 4) is 11.8 Å². The maximum atomic E-state index is 11.1. The lowest BCUT2D eigenvalue weighted by Gasteiger charge is -2.23. The van der Waals surface area contributed by atoms with Crippen LogP contribution >= 0.6 is 11.3 Å². The third kappa shape index (κ3) is 3.82. The highest BCUT2D eigenvalue weighted by Crippen LogP contribution is 2.19. The topological polar surface area (TPSA) is 63.4 Å². The summed E-state index contributed by atoms with van der Waals surface area (Å²) in [7, 11) is -3.59. The van der Waals surface area contributed by atoms with Crippen LogP contribution in [0, 0.1) is 11.8 Å². The zero-order chi connectivity index (χ0) is 13.0. The fraction of sp³-hybridized carbons (Fsp3) is 0.500. The minimum absolute atomic E-state index is 0.171. The van der Waals surface area contributed by atoms with E-state index in [-0.39, 0.29) is 4.21 Å². The molecule has 0 aliphatic carbocycles. The van der Waals surface area contributed by atoms with Crippen molar-refractivity contribution in [3.63, 3.8) is 0 Å². The smallest absolute Gasteiger partial charge is 0.247 e. The van der Waals surface area contributed by atoms with E-state index in [9.17, 15) is 8.42 Å². The first-order chi connectivity index (χ1) is 8.55. The summed E-state index contributed by atoms with van der Waals surface area (Å²) in [6, 6.07) is 3.21. The number of sulfonamides is 1. The molecule has 1 aromatic heterocycles. The van der Waals surface area contributed by atoms with Gasteiger partial charge >= 0.3 is 0 Å². The molecule has 4 nitrogen and oxygen atoms in total. The SMILES string of the molecule is NS(=O)(=O)c1ccc(C#CCN2CCCCC2)s1. The van der Waals surface area contributed by atoms with Gasteiger partial charge in [0.1, 0.15) is 4.21 Å². The molecule has 98 valence electrons. The largest absolute Gasteiger partial charge is 0.292 e. The predicted octanol–water partition coefficient (Wildman–Crippen LogP) is 1.23. The van der Waals surface area contributed by atoms with Crippen LogP contribution < -0.4 is 5.14 Å². The first-order valence-corrected chi connectivity index (χ1v) is 8.26. The maximum Gasteiger partial charge on any atom is 0.247 e. The van der Waals surface area contributed by atoms with Crippen molar-refractivity contribution in [1.29, 1.82) is 0 Å². The molecule has 0 saturated carbocycles. The Hall–Kier alpha value is -0.870. The number of nitrogens with two attached hydrogens (primary N) is 1. The van der Waals surface area contributed by atoms with Crippen LogP contribution in [0.5, 0.6) is 0 Å². The lowest BCUT2D eigenvalue weighted by Crippen LogP contribution is -2.29. The summed E-state index contributed by atoms with van der Waals surface area (Å²) >= 11 is 1.12. The minimum Gasteiger partial charge on any atom is -0.292 e. The van der Waals surface area contributed by atoms with Gasteiger partial charge in [0.15, 0.2) is 0 Å². The zero-order valence-corrected chi connectivity index (χ0v) is 11.7. The number of primary sulfonamides is 1. The van der Waals surface area contributed by atoms with E-state index in [4.69, 9.17) is 5.14 Å². The molecular weight excluding hydrogens is 268 g/mol. The summed E-state index contributed by atoms with van der Waals surface area (Å²) in [6.07, 6.45) is 3.80. The van der Waals surface area contributed by atoms with Gasteiger partial charge < -0.3 is 0 Å². The van der Waals surface area contributed by atoms with Gasteiger partial charge in [0.2, 0.25) is 10.0 Å². The molecule has 6 heteroatoms. The monoisotopic (exact) mass is 284 g/mol. The summed E-state index contributed by atoms with van der Waals surface area (Å²) < 4.78 is 22.4. The Bertz CT molecular complexity index is 560. The van der Waals surface area contributed by atoms with E-state index >= 15 is 0 Å². The van der Waals surface area contributed by atoms with Crippen molar-refractivity contribution in [2.45, 2.75) is 23.5 Å². The number of hydrogen-bond donors (Lipinski definition) is 1. The van der Waals surface area contributed by atoms with Gasteiger partial charge in [0.05, 0.1) is 11.4 Å². The van der Waals surface area contributed by atoms with Gasteiger partial charge in [-0.15, -0.1) is 11.3 Å². The highest BCUT2D eigenvalue weighted by Gasteiger charge is 2.10. The number of nitrogens with zero attached hydrogens (tertiary/aromatic N) is 1. The minimum atomic E-state index is -3.59. The van der Waals surface area contributed by atoms with E-state index in [1.165, 1.54) is 25.3 Å². The van der Waals surface area contributed by atoms with E-state index in [0.717, 1.165) is 35.8 Å². The zero-order valence-electron chi connectivity index (χ0n) is 10.1. The second kappa shape index (κ2) is 5.85. The molecule has 1 aromatic rings. The van der Waals surface area contributed by atoms with Crippen LogP contribution in [-0.4, -0.2) is 33.0 Å². The fourth-order valence-corrected chi connectivity index (χ4v) is 3.50. The van der Waals surface area contributed by atoms with Gasteiger partial charge in [-0.25, -0.2) is 13.6 Å². The Morgan fingerprint density at radius 3 is 2.61 bits per heavy atom. The molecule has 0 unspecified atom stereocenters. The molecular formula is C12H16N2O2S2. The third-order valence-electron chi connectivity index (χ3n) is 2.82. The lowest BCUT2D eigenvalue weighted by atomic mass is 10.1. The molecule has 0 amide bonds. The molecule has 2 N–H and O–H groups in total. The van der Waals surface area contributed by atoms with Crippen LogP contribution in [0.1, 0.15) is 24.1 Å². The molecule has 18 heavy (non-hydrogen) atoms. The lowest BCUT2D eigenvalue weighted by molar-refractivity contribution is 0.255. The molecule has 1 aliphatic heterocycles. The van der Waals surface area contributed by atoms with Crippen LogP contribution in [0.3, 0.4) is 0 Å². The van der Waals surface area contributed by atoms with Crippen molar-refractivity contribution in [2.24, 2.45) is 5.14 Å². The van der Waals surface area contributed by atoms with Crippen molar-refractivity contribution >= 4 is 21.4 Å². The molecule has 1 fully saturated rings. The van der Waals surface area contributed by atoms with Crippen LogP contribution in [0.4, 0.5) is 0 Å². The van der Waals surface area contributed by atoms with Crippen molar-refractivity contribution < 1.29 is 8.42 Å². The number of rotatable bonds is 2. The second-order valence-corrected chi connectivity index (χ2v) is 7.17. The molecule has 2 heterocycles. The average Bonchev–Trinajstić information content (AvgIpc) is 2.79. The first kappa shape index (κ1) is 13.6. The standard InChI is InChI=1S/C12H16N2O2S2/c13-18(15,16)12-7-6-11(17-12)5-4-10-14-8-2-1-3-9-14/h6-7H,1-3,8-10H2,(H2,13,15,16). The molecule has 0 atom stereocenters. The quantitative estimate of drug-likeness (QED) is 0.831. The van der Waals surface area contributed by atoms with Crippen LogP contribution in [0.2, 0.25) is 0 Å². The Kier molecular flexibility index (Phi) is 4.40. The second-order valence-electron chi connectivity index (χ2n) is 4.30.